The van der Waals surface area contributed by atoms with E-state index in [1.165, 1.54) is 12.1 Å². The Balaban J connectivity index is 2.10. The maximum Gasteiger partial charge on any atom is 0.254 e. The largest absolute Gasteiger partial charge is 0.395 e. The zero-order chi connectivity index (χ0) is 15.5. The molecule has 0 aromatic heterocycles. The number of amides is 1. The zero-order valence-electron chi connectivity index (χ0n) is 12.4. The molecule has 3 nitrogen and oxygen atoms in total. The lowest BCUT2D eigenvalue weighted by atomic mass is 9.98. The highest BCUT2D eigenvalue weighted by Gasteiger charge is 2.39. The molecule has 0 unspecified atom stereocenters. The highest BCUT2D eigenvalue weighted by atomic mass is 19.1. The van der Waals surface area contributed by atoms with Crippen LogP contribution in [0.4, 0.5) is 4.39 Å². The second-order valence-corrected chi connectivity index (χ2v) is 5.92. The van der Waals surface area contributed by atoms with Crippen LogP contribution in [0.1, 0.15) is 49.0 Å². The zero-order valence-corrected chi connectivity index (χ0v) is 12.4. The molecule has 1 saturated carbocycles. The van der Waals surface area contributed by atoms with Crippen LogP contribution in [0.15, 0.2) is 18.2 Å². The summed E-state index contributed by atoms with van der Waals surface area (Å²) in [7, 11) is 0. The van der Waals surface area contributed by atoms with Gasteiger partial charge >= 0.3 is 0 Å². The Morgan fingerprint density at radius 3 is 2.76 bits per heavy atom. The first-order valence-corrected chi connectivity index (χ1v) is 7.16. The summed E-state index contributed by atoms with van der Waals surface area (Å²) in [5.41, 5.74) is 0.235. The van der Waals surface area contributed by atoms with Gasteiger partial charge in [0.25, 0.3) is 5.91 Å². The SMILES string of the molecule is CC(C)(NC(=O)c1ccc(C#CCCO)cc1F)C1CC1. The van der Waals surface area contributed by atoms with Crippen LogP contribution in [0.3, 0.4) is 0 Å². The molecule has 1 aliphatic rings. The van der Waals surface area contributed by atoms with Crippen molar-refractivity contribution in [2.75, 3.05) is 6.61 Å². The maximum absolute atomic E-state index is 14.0. The van der Waals surface area contributed by atoms with Crippen LogP contribution in [0, 0.1) is 23.6 Å². The minimum absolute atomic E-state index is 0.0216. The van der Waals surface area contributed by atoms with Gasteiger partial charge in [0.05, 0.1) is 12.2 Å². The number of benzene rings is 1. The molecule has 1 aromatic carbocycles. The van der Waals surface area contributed by atoms with Crippen LogP contribution in [0.2, 0.25) is 0 Å². The minimum Gasteiger partial charge on any atom is -0.395 e. The number of aliphatic hydroxyl groups is 1. The second-order valence-electron chi connectivity index (χ2n) is 5.92. The van der Waals surface area contributed by atoms with Gasteiger partial charge in [-0.05, 0) is 50.8 Å². The van der Waals surface area contributed by atoms with E-state index >= 15 is 0 Å². The van der Waals surface area contributed by atoms with Crippen molar-refractivity contribution in [3.63, 3.8) is 0 Å². The topological polar surface area (TPSA) is 49.3 Å². The number of nitrogens with one attached hydrogen (secondary N) is 1. The first-order valence-electron chi connectivity index (χ1n) is 7.16. The number of rotatable bonds is 4. The molecule has 2 rings (SSSR count). The van der Waals surface area contributed by atoms with Crippen LogP contribution in [0.5, 0.6) is 0 Å². The molecule has 0 spiro atoms. The Kier molecular flexibility index (Phi) is 4.64. The maximum atomic E-state index is 14.0. The summed E-state index contributed by atoms with van der Waals surface area (Å²) in [6, 6.07) is 4.33. The van der Waals surface area contributed by atoms with Crippen molar-refractivity contribution in [1.29, 1.82) is 0 Å². The van der Waals surface area contributed by atoms with Crippen molar-refractivity contribution >= 4 is 5.91 Å². The summed E-state index contributed by atoms with van der Waals surface area (Å²) in [5.74, 6) is 4.98. The molecule has 0 atom stereocenters. The Bertz CT molecular complexity index is 595. The first kappa shape index (κ1) is 15.5. The van der Waals surface area contributed by atoms with Crippen molar-refractivity contribution < 1.29 is 14.3 Å². The summed E-state index contributed by atoms with van der Waals surface area (Å²) in [4.78, 5) is 12.2. The fraction of sp³-hybridized carbons (Fsp3) is 0.471. The summed E-state index contributed by atoms with van der Waals surface area (Å²) >= 11 is 0. The van der Waals surface area contributed by atoms with Crippen LogP contribution in [-0.2, 0) is 0 Å². The second kappa shape index (κ2) is 6.28. The van der Waals surface area contributed by atoms with E-state index in [1.54, 1.807) is 6.07 Å². The molecular formula is C17H20FNO2. The van der Waals surface area contributed by atoms with Crippen molar-refractivity contribution in [3.05, 3.63) is 35.1 Å². The summed E-state index contributed by atoms with van der Waals surface area (Å²) in [6.45, 7) is 3.91. The molecule has 1 aliphatic carbocycles. The molecule has 0 heterocycles. The van der Waals surface area contributed by atoms with Gasteiger partial charge in [-0.15, -0.1) is 0 Å². The first-order chi connectivity index (χ1) is 9.94. The third kappa shape index (κ3) is 4.05. The van der Waals surface area contributed by atoms with Crippen molar-refractivity contribution in [2.45, 2.75) is 38.6 Å². The van der Waals surface area contributed by atoms with Gasteiger partial charge in [-0.2, -0.15) is 0 Å². The minimum atomic E-state index is -0.574. The summed E-state index contributed by atoms with van der Waals surface area (Å²) < 4.78 is 14.0. The standard InChI is InChI=1S/C17H20FNO2/c1-17(2,13-7-8-13)19-16(21)14-9-6-12(11-15(14)18)5-3-4-10-20/h6,9,11,13,20H,4,7-8,10H2,1-2H3,(H,19,21). The molecule has 0 saturated heterocycles. The van der Waals surface area contributed by atoms with Crippen LogP contribution >= 0.6 is 0 Å². The Morgan fingerprint density at radius 1 is 1.48 bits per heavy atom. The monoisotopic (exact) mass is 289 g/mol. The van der Waals surface area contributed by atoms with Gasteiger partial charge in [0.2, 0.25) is 0 Å². The molecule has 1 amide bonds. The molecule has 1 fully saturated rings. The van der Waals surface area contributed by atoms with Crippen LogP contribution in [0.25, 0.3) is 0 Å². The van der Waals surface area contributed by atoms with E-state index in [4.69, 9.17) is 5.11 Å². The lowest BCUT2D eigenvalue weighted by molar-refractivity contribution is 0.0899. The van der Waals surface area contributed by atoms with Gasteiger partial charge in [-0.3, -0.25) is 4.79 Å². The van der Waals surface area contributed by atoms with Gasteiger partial charge in [-0.1, -0.05) is 11.8 Å². The molecule has 0 aliphatic heterocycles. The highest BCUT2D eigenvalue weighted by molar-refractivity contribution is 5.95. The lowest BCUT2D eigenvalue weighted by Gasteiger charge is -2.26. The number of carbonyl (C=O) groups excluding carboxylic acids is 1. The molecular weight excluding hydrogens is 269 g/mol. The molecule has 4 heteroatoms. The molecule has 2 N–H and O–H groups in total. The predicted molar refractivity (Wildman–Crippen MR) is 79.3 cm³/mol. The normalized spacial score (nSPS) is 14.3. The van der Waals surface area contributed by atoms with E-state index in [0.717, 1.165) is 12.8 Å². The molecule has 1 aromatic rings. The summed E-state index contributed by atoms with van der Waals surface area (Å²) in [6.07, 6.45) is 2.56. The molecule has 0 radical (unpaired) electrons. The average Bonchev–Trinajstić information content (AvgIpc) is 3.23. The Labute approximate surface area is 124 Å². The number of carbonyl (C=O) groups is 1. The third-order valence-corrected chi connectivity index (χ3v) is 3.72. The van der Waals surface area contributed by atoms with E-state index in [0.29, 0.717) is 17.9 Å². The van der Waals surface area contributed by atoms with Crippen LogP contribution in [-0.4, -0.2) is 23.2 Å². The predicted octanol–water partition coefficient (Wildman–Crippen LogP) is 2.48. The molecule has 112 valence electrons. The van der Waals surface area contributed by atoms with Crippen molar-refractivity contribution in [2.24, 2.45) is 5.92 Å². The van der Waals surface area contributed by atoms with Crippen molar-refractivity contribution in [3.8, 4) is 11.8 Å². The van der Waals surface area contributed by atoms with E-state index in [9.17, 15) is 9.18 Å². The smallest absolute Gasteiger partial charge is 0.254 e. The van der Waals surface area contributed by atoms with Gasteiger partial charge in [0, 0.05) is 17.5 Å². The van der Waals surface area contributed by atoms with Gasteiger partial charge in [-0.25, -0.2) is 4.39 Å². The number of aliphatic hydroxyl groups excluding tert-OH is 1. The van der Waals surface area contributed by atoms with Crippen LogP contribution < -0.4 is 5.32 Å². The van der Waals surface area contributed by atoms with Crippen molar-refractivity contribution in [1.82, 2.24) is 5.32 Å². The lowest BCUT2D eigenvalue weighted by Crippen LogP contribution is -2.45. The van der Waals surface area contributed by atoms with E-state index in [2.05, 4.69) is 17.2 Å². The summed E-state index contributed by atoms with van der Waals surface area (Å²) in [5, 5.41) is 11.5. The van der Waals surface area contributed by atoms with Gasteiger partial charge in [0.1, 0.15) is 5.82 Å². The number of hydrogen-bond donors (Lipinski definition) is 2. The highest BCUT2D eigenvalue weighted by Crippen LogP contribution is 2.39. The third-order valence-electron chi connectivity index (χ3n) is 3.72. The molecule has 21 heavy (non-hydrogen) atoms. The van der Waals surface area contributed by atoms with Gasteiger partial charge in [0.15, 0.2) is 0 Å². The fourth-order valence-corrected chi connectivity index (χ4v) is 2.26. The van der Waals surface area contributed by atoms with Gasteiger partial charge < -0.3 is 10.4 Å². The molecule has 0 bridgehead atoms. The van der Waals surface area contributed by atoms with E-state index < -0.39 is 5.82 Å². The quantitative estimate of drug-likeness (QED) is 0.837. The van der Waals surface area contributed by atoms with E-state index in [1.807, 2.05) is 13.8 Å². The number of halogens is 1. The fourth-order valence-electron chi connectivity index (χ4n) is 2.26. The van der Waals surface area contributed by atoms with E-state index in [-0.39, 0.29) is 23.6 Å². The Hall–Kier alpha value is -1.86. The Morgan fingerprint density at radius 2 is 2.19 bits per heavy atom. The number of hydrogen-bond acceptors (Lipinski definition) is 2. The average molecular weight is 289 g/mol.